The highest BCUT2D eigenvalue weighted by Gasteiger charge is 2.35. The molecule has 0 saturated carbocycles. The molecule has 0 amide bonds. The van der Waals surface area contributed by atoms with Crippen molar-refractivity contribution in [1.29, 1.82) is 0 Å². The van der Waals surface area contributed by atoms with Crippen LogP contribution in [0, 0.1) is 36.8 Å². The van der Waals surface area contributed by atoms with Gasteiger partial charge in [-0.3, -0.25) is 19.2 Å². The highest BCUT2D eigenvalue weighted by molar-refractivity contribution is 7.12. The van der Waals surface area contributed by atoms with Crippen LogP contribution in [0.1, 0.15) is 63.7 Å². The number of aryl methyl sites for hydroxylation is 4. The molecule has 0 atom stereocenters. The Morgan fingerprint density at radius 3 is 0.944 bits per heavy atom. The second-order valence-corrected chi connectivity index (χ2v) is 11.5. The first-order valence-electron chi connectivity index (χ1n) is 11.5. The van der Waals surface area contributed by atoms with Gasteiger partial charge in [-0.05, 0) is 98.5 Å². The number of ketones is 4. The van der Waals surface area contributed by atoms with E-state index in [0.717, 1.165) is 31.3 Å². The SMILES string of the molecule is Cc1cc2c(cc1C)C(=O)C(=c1cc/c(=c3/ccc(=C4C(=O)c5cc(C)c(C)cc5C4=O)s3)s1)C2=O. The Hall–Kier alpha value is -3.74. The summed E-state index contributed by atoms with van der Waals surface area (Å²) in [4.78, 5) is 52.4. The van der Waals surface area contributed by atoms with E-state index < -0.39 is 0 Å². The number of benzene rings is 2. The van der Waals surface area contributed by atoms with Gasteiger partial charge in [-0.2, -0.15) is 0 Å². The van der Waals surface area contributed by atoms with Gasteiger partial charge < -0.3 is 0 Å². The van der Waals surface area contributed by atoms with Gasteiger partial charge in [0.05, 0.1) is 11.1 Å². The Morgan fingerprint density at radius 2 is 0.667 bits per heavy atom. The van der Waals surface area contributed by atoms with E-state index in [9.17, 15) is 19.2 Å². The molecule has 2 aromatic carbocycles. The molecule has 2 aliphatic carbocycles. The zero-order valence-electron chi connectivity index (χ0n) is 20.1. The van der Waals surface area contributed by atoms with Gasteiger partial charge in [0.2, 0.25) is 0 Å². The lowest BCUT2D eigenvalue weighted by atomic mass is 10.0. The number of carbonyl (C=O) groups is 4. The molecule has 6 heteroatoms. The molecule has 0 fully saturated rings. The van der Waals surface area contributed by atoms with Crippen LogP contribution in [0.3, 0.4) is 0 Å². The van der Waals surface area contributed by atoms with Crippen LogP contribution >= 0.6 is 22.7 Å². The monoisotopic (exact) mass is 508 g/mol. The second-order valence-electron chi connectivity index (χ2n) is 9.36. The Labute approximate surface area is 214 Å². The number of Topliss-reactive ketones (excluding diaryl/α,β-unsaturated/α-hetero) is 4. The molecule has 0 N–H and O–H groups in total. The largest absolute Gasteiger partial charge is 0.288 e. The number of hydrogen-bond acceptors (Lipinski definition) is 6. The van der Waals surface area contributed by atoms with Crippen LogP contribution in [-0.2, 0) is 0 Å². The standard InChI is InChI=1S/C30H20O4S2/c1-13-9-17-18(10-14(13)2)28(32)25(27(17)31)23-7-5-21(35-23)22-6-8-24(36-22)26-29(33)19-11-15(3)16(4)12-20(19)30(26)34/h5-12H,1-4H3/b22-21+. The van der Waals surface area contributed by atoms with Crippen LogP contribution in [0.4, 0.5) is 0 Å². The highest BCUT2D eigenvalue weighted by atomic mass is 32.1. The van der Waals surface area contributed by atoms with Crippen molar-refractivity contribution in [2.75, 3.05) is 0 Å². The molecule has 2 aromatic heterocycles. The molecule has 4 aromatic rings. The minimum Gasteiger partial charge on any atom is -0.288 e. The number of fused-ring (bicyclic) bond motifs is 2. The van der Waals surface area contributed by atoms with E-state index in [-0.39, 0.29) is 34.3 Å². The van der Waals surface area contributed by atoms with Gasteiger partial charge >= 0.3 is 0 Å². The first-order chi connectivity index (χ1) is 17.2. The maximum Gasteiger partial charge on any atom is 0.199 e. The maximum absolute atomic E-state index is 13.1. The minimum atomic E-state index is -0.237. The zero-order chi connectivity index (χ0) is 25.5. The summed E-state index contributed by atoms with van der Waals surface area (Å²) in [6.07, 6.45) is 0. The van der Waals surface area contributed by atoms with Gasteiger partial charge in [0.25, 0.3) is 0 Å². The Bertz CT molecular complexity index is 1720. The average Bonchev–Trinajstić information content (AvgIpc) is 3.59. The van der Waals surface area contributed by atoms with Crippen molar-refractivity contribution in [2.45, 2.75) is 27.7 Å². The number of hydrogen-bond donors (Lipinski definition) is 0. The van der Waals surface area contributed by atoms with Gasteiger partial charge in [-0.25, -0.2) is 0 Å². The first-order valence-corrected chi connectivity index (χ1v) is 13.1. The van der Waals surface area contributed by atoms with Crippen LogP contribution in [-0.4, -0.2) is 23.1 Å². The molecule has 0 aliphatic heterocycles. The zero-order valence-corrected chi connectivity index (χ0v) is 21.7. The predicted molar refractivity (Wildman–Crippen MR) is 142 cm³/mol. The Kier molecular flexibility index (Phi) is 4.97. The summed E-state index contributed by atoms with van der Waals surface area (Å²) in [5.74, 6) is -0.947. The van der Waals surface area contributed by atoms with Crippen molar-refractivity contribution >= 4 is 57.0 Å². The summed E-state index contributed by atoms with van der Waals surface area (Å²) in [7, 11) is 0. The predicted octanol–water partition coefficient (Wildman–Crippen LogP) is 4.79. The van der Waals surface area contributed by atoms with E-state index in [1.54, 1.807) is 36.4 Å². The Morgan fingerprint density at radius 1 is 0.417 bits per heavy atom. The topological polar surface area (TPSA) is 68.3 Å². The van der Waals surface area contributed by atoms with E-state index in [2.05, 4.69) is 0 Å². The molecule has 0 spiro atoms. The van der Waals surface area contributed by atoms with Crippen molar-refractivity contribution in [1.82, 2.24) is 0 Å². The van der Waals surface area contributed by atoms with E-state index >= 15 is 0 Å². The molecule has 4 nitrogen and oxygen atoms in total. The normalized spacial score (nSPS) is 15.8. The Balaban J connectivity index is 1.51. The van der Waals surface area contributed by atoms with Crippen molar-refractivity contribution in [3.8, 4) is 0 Å². The third kappa shape index (κ3) is 3.18. The molecule has 2 heterocycles. The van der Waals surface area contributed by atoms with Gasteiger partial charge in [0.15, 0.2) is 23.1 Å². The van der Waals surface area contributed by atoms with Crippen molar-refractivity contribution in [3.05, 3.63) is 111 Å². The summed E-state index contributed by atoms with van der Waals surface area (Å²) in [6, 6.07) is 14.6. The van der Waals surface area contributed by atoms with E-state index in [0.29, 0.717) is 31.3 Å². The van der Waals surface area contributed by atoms with Crippen LogP contribution in [0.25, 0.3) is 11.1 Å². The molecule has 176 valence electrons. The van der Waals surface area contributed by atoms with Crippen LogP contribution in [0.5, 0.6) is 0 Å². The highest BCUT2D eigenvalue weighted by Crippen LogP contribution is 2.31. The average molecular weight is 509 g/mol. The third-order valence-electron chi connectivity index (χ3n) is 7.10. The summed E-state index contributed by atoms with van der Waals surface area (Å²) in [5.41, 5.74) is 6.20. The fourth-order valence-corrected chi connectivity index (χ4v) is 6.97. The third-order valence-corrected chi connectivity index (χ3v) is 9.50. The van der Waals surface area contributed by atoms with Gasteiger partial charge in [-0.1, -0.05) is 0 Å². The fourth-order valence-electron chi connectivity index (χ4n) is 4.79. The summed E-state index contributed by atoms with van der Waals surface area (Å²) in [5, 5.41) is 0. The lowest BCUT2D eigenvalue weighted by Crippen LogP contribution is -2.10. The number of carbonyl (C=O) groups excluding carboxylic acids is 4. The second kappa shape index (κ2) is 7.88. The molecule has 6 rings (SSSR count). The smallest absolute Gasteiger partial charge is 0.199 e. The maximum atomic E-state index is 13.1. The summed E-state index contributed by atoms with van der Waals surface area (Å²) < 4.78 is 3.00. The lowest BCUT2D eigenvalue weighted by molar-refractivity contribution is 0.101. The molecule has 0 bridgehead atoms. The molecule has 0 unspecified atom stereocenters. The minimum absolute atomic E-state index is 0.208. The molecule has 0 radical (unpaired) electrons. The first kappa shape index (κ1) is 22.7. The molecular formula is C30H20O4S2. The van der Waals surface area contributed by atoms with Crippen molar-refractivity contribution in [3.63, 3.8) is 0 Å². The van der Waals surface area contributed by atoms with Gasteiger partial charge in [-0.15, -0.1) is 22.7 Å². The van der Waals surface area contributed by atoms with Gasteiger partial charge in [0, 0.05) is 40.4 Å². The molecular weight excluding hydrogens is 488 g/mol. The number of rotatable bonds is 0. The van der Waals surface area contributed by atoms with Crippen molar-refractivity contribution in [2.24, 2.45) is 0 Å². The van der Waals surface area contributed by atoms with Crippen molar-refractivity contribution < 1.29 is 19.2 Å². The lowest BCUT2D eigenvalue weighted by Gasteiger charge is -2.01. The van der Waals surface area contributed by atoms with Gasteiger partial charge in [0.1, 0.15) is 0 Å². The van der Waals surface area contributed by atoms with Crippen LogP contribution in [0.2, 0.25) is 0 Å². The quantitative estimate of drug-likeness (QED) is 0.343. The van der Waals surface area contributed by atoms with E-state index in [4.69, 9.17) is 0 Å². The van der Waals surface area contributed by atoms with Crippen LogP contribution < -0.4 is 9.06 Å². The molecule has 2 aliphatic rings. The van der Waals surface area contributed by atoms with E-state index in [1.165, 1.54) is 22.7 Å². The number of thiophene rings is 2. The van der Waals surface area contributed by atoms with E-state index in [1.807, 2.05) is 39.8 Å². The van der Waals surface area contributed by atoms with Crippen LogP contribution in [0.15, 0.2) is 48.5 Å². The molecule has 0 saturated heterocycles. The molecule has 36 heavy (non-hydrogen) atoms. The summed E-state index contributed by atoms with van der Waals surface area (Å²) >= 11 is 2.74. The fraction of sp³-hybridized carbons (Fsp3) is 0.133. The summed E-state index contributed by atoms with van der Waals surface area (Å²) in [6.45, 7) is 7.73.